The Balaban J connectivity index is 2.94. The van der Waals surface area contributed by atoms with Crippen molar-refractivity contribution in [3.63, 3.8) is 0 Å². The van der Waals surface area contributed by atoms with E-state index in [0.29, 0.717) is 10.9 Å². The summed E-state index contributed by atoms with van der Waals surface area (Å²) in [6.07, 6.45) is 1.07. The number of sulfone groups is 1. The summed E-state index contributed by atoms with van der Waals surface area (Å²) in [6.45, 7) is 1.80. The van der Waals surface area contributed by atoms with Gasteiger partial charge in [0.2, 0.25) is 0 Å². The summed E-state index contributed by atoms with van der Waals surface area (Å²) < 4.78 is 36.0. The molecule has 0 fully saturated rings. The molecule has 0 amide bonds. The zero-order chi connectivity index (χ0) is 11.2. The highest BCUT2D eigenvalue weighted by Gasteiger charge is 2.15. The van der Waals surface area contributed by atoms with Gasteiger partial charge in [0.25, 0.3) is 0 Å². The molecule has 0 aliphatic carbocycles. The third-order valence-corrected chi connectivity index (χ3v) is 3.31. The van der Waals surface area contributed by atoms with Gasteiger partial charge in [-0.2, -0.15) is 0 Å². The summed E-state index contributed by atoms with van der Waals surface area (Å²) in [6, 6.07) is 4.06. The van der Waals surface area contributed by atoms with E-state index in [9.17, 15) is 12.8 Å². The SMILES string of the molecule is Cc1cc2cc(F)cc(S(C)(=O)=O)c2[nH]1. The maximum atomic E-state index is 13.2. The molecular weight excluding hydrogens is 217 g/mol. The lowest BCUT2D eigenvalue weighted by atomic mass is 10.2. The van der Waals surface area contributed by atoms with E-state index in [-0.39, 0.29) is 4.90 Å². The van der Waals surface area contributed by atoms with Gasteiger partial charge in [-0.15, -0.1) is 0 Å². The van der Waals surface area contributed by atoms with Gasteiger partial charge in [0.1, 0.15) is 5.82 Å². The molecule has 0 aliphatic heterocycles. The highest BCUT2D eigenvalue weighted by molar-refractivity contribution is 7.91. The lowest BCUT2D eigenvalue weighted by molar-refractivity contribution is 0.597. The summed E-state index contributed by atoms with van der Waals surface area (Å²) in [4.78, 5) is 2.92. The second-order valence-corrected chi connectivity index (χ2v) is 5.58. The Morgan fingerprint density at radius 3 is 2.53 bits per heavy atom. The van der Waals surface area contributed by atoms with Crippen LogP contribution in [-0.4, -0.2) is 19.7 Å². The number of hydrogen-bond donors (Lipinski definition) is 1. The van der Waals surface area contributed by atoms with Crippen LogP contribution in [0.1, 0.15) is 5.69 Å². The van der Waals surface area contributed by atoms with Crippen molar-refractivity contribution < 1.29 is 12.8 Å². The summed E-state index contributed by atoms with van der Waals surface area (Å²) in [7, 11) is -3.41. The summed E-state index contributed by atoms with van der Waals surface area (Å²) in [5.41, 5.74) is 1.27. The number of aryl methyl sites for hydroxylation is 1. The van der Waals surface area contributed by atoms with Crippen LogP contribution in [0.4, 0.5) is 4.39 Å². The average molecular weight is 227 g/mol. The van der Waals surface area contributed by atoms with Crippen molar-refractivity contribution >= 4 is 20.7 Å². The molecule has 0 saturated carbocycles. The van der Waals surface area contributed by atoms with Crippen molar-refractivity contribution in [2.24, 2.45) is 0 Å². The molecule has 1 N–H and O–H groups in total. The predicted octanol–water partition coefficient (Wildman–Crippen LogP) is 2.02. The molecule has 1 aromatic heterocycles. The summed E-state index contributed by atoms with van der Waals surface area (Å²) in [5.74, 6) is -0.540. The van der Waals surface area contributed by atoms with Crippen LogP contribution in [0.25, 0.3) is 10.9 Å². The van der Waals surface area contributed by atoms with Gasteiger partial charge in [0.15, 0.2) is 9.84 Å². The van der Waals surface area contributed by atoms with Crippen LogP contribution in [-0.2, 0) is 9.84 Å². The van der Waals surface area contributed by atoms with E-state index in [2.05, 4.69) is 4.98 Å². The van der Waals surface area contributed by atoms with Crippen molar-refractivity contribution in [3.8, 4) is 0 Å². The fourth-order valence-electron chi connectivity index (χ4n) is 1.61. The second-order valence-electron chi connectivity index (χ2n) is 3.59. The number of rotatable bonds is 1. The Kier molecular flexibility index (Phi) is 2.08. The van der Waals surface area contributed by atoms with Gasteiger partial charge in [0, 0.05) is 17.3 Å². The molecule has 3 nitrogen and oxygen atoms in total. The number of aromatic amines is 1. The zero-order valence-corrected chi connectivity index (χ0v) is 9.15. The van der Waals surface area contributed by atoms with Crippen LogP contribution < -0.4 is 0 Å². The first-order valence-corrected chi connectivity index (χ1v) is 6.26. The monoisotopic (exact) mass is 227 g/mol. The van der Waals surface area contributed by atoms with Crippen LogP contribution in [0.3, 0.4) is 0 Å². The van der Waals surface area contributed by atoms with Crippen LogP contribution in [0.5, 0.6) is 0 Å². The Labute approximate surface area is 86.8 Å². The molecule has 0 bridgehead atoms. The summed E-state index contributed by atoms with van der Waals surface area (Å²) in [5, 5.41) is 0.577. The van der Waals surface area contributed by atoms with E-state index in [1.165, 1.54) is 6.07 Å². The molecule has 0 atom stereocenters. The molecule has 5 heteroatoms. The maximum Gasteiger partial charge on any atom is 0.177 e. The predicted molar refractivity (Wildman–Crippen MR) is 56.1 cm³/mol. The quantitative estimate of drug-likeness (QED) is 0.810. The fourth-order valence-corrected chi connectivity index (χ4v) is 2.47. The highest BCUT2D eigenvalue weighted by atomic mass is 32.2. The maximum absolute atomic E-state index is 13.2. The smallest absolute Gasteiger partial charge is 0.177 e. The molecule has 2 aromatic rings. The minimum Gasteiger partial charge on any atom is -0.358 e. The van der Waals surface area contributed by atoms with E-state index in [1.807, 2.05) is 0 Å². The third-order valence-electron chi connectivity index (χ3n) is 2.19. The normalized spacial score (nSPS) is 12.2. The van der Waals surface area contributed by atoms with Gasteiger partial charge in [-0.3, -0.25) is 0 Å². The zero-order valence-electron chi connectivity index (χ0n) is 8.33. The first-order chi connectivity index (χ1) is 6.88. The Bertz CT molecular complexity index is 628. The minimum atomic E-state index is -3.41. The first-order valence-electron chi connectivity index (χ1n) is 4.37. The highest BCUT2D eigenvalue weighted by Crippen LogP contribution is 2.24. The molecule has 0 spiro atoms. The third kappa shape index (κ3) is 1.74. The Hall–Kier alpha value is -1.36. The van der Waals surface area contributed by atoms with E-state index >= 15 is 0 Å². The molecular formula is C10H10FNO2S. The molecule has 0 saturated heterocycles. The van der Waals surface area contributed by atoms with Crippen molar-refractivity contribution in [3.05, 3.63) is 29.7 Å². The number of aromatic nitrogens is 1. The number of hydrogen-bond acceptors (Lipinski definition) is 2. The van der Waals surface area contributed by atoms with E-state index in [4.69, 9.17) is 0 Å². The molecule has 15 heavy (non-hydrogen) atoms. The van der Waals surface area contributed by atoms with Gasteiger partial charge in [-0.25, -0.2) is 12.8 Å². The first kappa shape index (κ1) is 10.2. The lowest BCUT2D eigenvalue weighted by Gasteiger charge is -2.00. The number of halogens is 1. The number of benzene rings is 1. The lowest BCUT2D eigenvalue weighted by Crippen LogP contribution is -1.99. The molecule has 0 radical (unpaired) electrons. The molecule has 1 heterocycles. The fraction of sp³-hybridized carbons (Fsp3) is 0.200. The molecule has 0 aliphatic rings. The summed E-state index contributed by atoms with van der Waals surface area (Å²) >= 11 is 0. The molecule has 2 rings (SSSR count). The standard InChI is InChI=1S/C10H10FNO2S/c1-6-3-7-4-8(11)5-9(10(7)12-6)15(2,13)14/h3-5,12H,1-2H3. The van der Waals surface area contributed by atoms with Crippen molar-refractivity contribution in [2.45, 2.75) is 11.8 Å². The molecule has 0 unspecified atom stereocenters. The van der Waals surface area contributed by atoms with Crippen molar-refractivity contribution in [1.82, 2.24) is 4.98 Å². The van der Waals surface area contributed by atoms with Crippen LogP contribution in [0.2, 0.25) is 0 Å². The van der Waals surface area contributed by atoms with E-state index < -0.39 is 15.7 Å². The van der Waals surface area contributed by atoms with Gasteiger partial charge in [0.05, 0.1) is 10.4 Å². The Morgan fingerprint density at radius 1 is 1.27 bits per heavy atom. The topological polar surface area (TPSA) is 49.9 Å². The number of fused-ring (bicyclic) bond motifs is 1. The van der Waals surface area contributed by atoms with Gasteiger partial charge < -0.3 is 4.98 Å². The minimum absolute atomic E-state index is 0.00519. The van der Waals surface area contributed by atoms with Crippen LogP contribution in [0.15, 0.2) is 23.1 Å². The van der Waals surface area contributed by atoms with E-state index in [0.717, 1.165) is 18.0 Å². The molecule has 80 valence electrons. The number of nitrogens with one attached hydrogen (secondary N) is 1. The Morgan fingerprint density at radius 2 is 1.93 bits per heavy atom. The van der Waals surface area contributed by atoms with Gasteiger partial charge in [-0.05, 0) is 25.1 Å². The van der Waals surface area contributed by atoms with Crippen molar-refractivity contribution in [1.29, 1.82) is 0 Å². The largest absolute Gasteiger partial charge is 0.358 e. The second kappa shape index (κ2) is 3.06. The van der Waals surface area contributed by atoms with Crippen LogP contribution in [0, 0.1) is 12.7 Å². The van der Waals surface area contributed by atoms with Crippen LogP contribution >= 0.6 is 0 Å². The van der Waals surface area contributed by atoms with Crippen molar-refractivity contribution in [2.75, 3.05) is 6.26 Å². The van der Waals surface area contributed by atoms with Gasteiger partial charge in [-0.1, -0.05) is 0 Å². The van der Waals surface area contributed by atoms with Gasteiger partial charge >= 0.3 is 0 Å². The average Bonchev–Trinajstić information content (AvgIpc) is 2.41. The number of H-pyrrole nitrogens is 1. The van der Waals surface area contributed by atoms with E-state index in [1.54, 1.807) is 13.0 Å². The molecule has 1 aromatic carbocycles.